The van der Waals surface area contributed by atoms with Gasteiger partial charge in [-0.3, -0.25) is 0 Å². The van der Waals surface area contributed by atoms with Crippen molar-refractivity contribution in [2.24, 2.45) is 5.92 Å². The molecule has 0 aromatic heterocycles. The summed E-state index contributed by atoms with van der Waals surface area (Å²) in [6, 6.07) is 0.404. The Morgan fingerprint density at radius 1 is 1.36 bits per heavy atom. The molecule has 3 heteroatoms. The minimum Gasteiger partial charge on any atom is -0.496 e. The second-order valence-corrected chi connectivity index (χ2v) is 3.96. The van der Waals surface area contributed by atoms with Crippen molar-refractivity contribution in [1.82, 2.24) is 5.32 Å². The molecule has 0 aromatic rings. The van der Waals surface area contributed by atoms with Gasteiger partial charge in [-0.2, -0.15) is 0 Å². The molecule has 2 rings (SSSR count). The van der Waals surface area contributed by atoms with Crippen molar-refractivity contribution in [3.8, 4) is 0 Å². The van der Waals surface area contributed by atoms with E-state index in [9.17, 15) is 0 Å². The molecule has 80 valence electrons. The van der Waals surface area contributed by atoms with Gasteiger partial charge in [0.2, 0.25) is 0 Å². The van der Waals surface area contributed by atoms with Gasteiger partial charge in [0.25, 0.3) is 0 Å². The van der Waals surface area contributed by atoms with Crippen LogP contribution in [0.4, 0.5) is 0 Å². The van der Waals surface area contributed by atoms with Crippen molar-refractivity contribution in [2.75, 3.05) is 26.9 Å². The molecule has 0 saturated carbocycles. The molecule has 2 heterocycles. The first-order valence-electron chi connectivity index (χ1n) is 5.49. The van der Waals surface area contributed by atoms with E-state index in [2.05, 4.69) is 11.4 Å². The monoisotopic (exact) mass is 197 g/mol. The number of rotatable bonds is 3. The summed E-state index contributed by atoms with van der Waals surface area (Å²) in [5.74, 6) is 1.83. The highest BCUT2D eigenvalue weighted by molar-refractivity contribution is 5.09. The molecule has 2 aliphatic heterocycles. The van der Waals surface area contributed by atoms with Gasteiger partial charge in [0.1, 0.15) is 5.76 Å². The number of ether oxygens (including phenoxy) is 2. The van der Waals surface area contributed by atoms with E-state index >= 15 is 0 Å². The smallest absolute Gasteiger partial charge is 0.109 e. The normalized spacial score (nSPS) is 25.6. The van der Waals surface area contributed by atoms with Crippen LogP contribution in [0.25, 0.3) is 0 Å². The standard InChI is InChI=1S/C11H19NO2/c1-12-11(10-3-2-6-14-10)9-4-7-13-8-5-9/h3,9,11-12H,2,4-8H2,1H3. The van der Waals surface area contributed by atoms with Gasteiger partial charge >= 0.3 is 0 Å². The van der Waals surface area contributed by atoms with Crippen molar-refractivity contribution in [1.29, 1.82) is 0 Å². The highest BCUT2D eigenvalue weighted by atomic mass is 16.5. The lowest BCUT2D eigenvalue weighted by molar-refractivity contribution is 0.0510. The Labute approximate surface area is 85.5 Å². The minimum absolute atomic E-state index is 0.404. The first kappa shape index (κ1) is 9.99. The Kier molecular flexibility index (Phi) is 3.43. The van der Waals surface area contributed by atoms with Crippen LogP contribution in [-0.2, 0) is 9.47 Å². The SMILES string of the molecule is CNC(C1=CCCO1)C1CCOCC1. The average molecular weight is 197 g/mol. The Balaban J connectivity index is 1.96. The van der Waals surface area contributed by atoms with Gasteiger partial charge in [-0.1, -0.05) is 0 Å². The predicted octanol–water partition coefficient (Wildman–Crippen LogP) is 1.31. The van der Waals surface area contributed by atoms with E-state index in [-0.39, 0.29) is 0 Å². The molecule has 0 bridgehead atoms. The van der Waals surface area contributed by atoms with E-state index in [0.29, 0.717) is 12.0 Å². The van der Waals surface area contributed by atoms with Gasteiger partial charge in [0.15, 0.2) is 0 Å². The van der Waals surface area contributed by atoms with Gasteiger partial charge in [0.05, 0.1) is 12.6 Å². The van der Waals surface area contributed by atoms with Crippen LogP contribution in [0.2, 0.25) is 0 Å². The Hall–Kier alpha value is -0.540. The summed E-state index contributed by atoms with van der Waals surface area (Å²) in [5, 5.41) is 3.36. The fourth-order valence-corrected chi connectivity index (χ4v) is 2.31. The Morgan fingerprint density at radius 2 is 2.14 bits per heavy atom. The molecule has 1 N–H and O–H groups in total. The third kappa shape index (κ3) is 2.10. The van der Waals surface area contributed by atoms with Crippen LogP contribution in [0.5, 0.6) is 0 Å². The van der Waals surface area contributed by atoms with E-state index < -0.39 is 0 Å². The molecule has 0 radical (unpaired) electrons. The van der Waals surface area contributed by atoms with Gasteiger partial charge in [-0.25, -0.2) is 0 Å². The largest absolute Gasteiger partial charge is 0.496 e. The number of hydrogen-bond acceptors (Lipinski definition) is 3. The number of hydrogen-bond donors (Lipinski definition) is 1. The quantitative estimate of drug-likeness (QED) is 0.740. The first-order chi connectivity index (χ1) is 6.92. The van der Waals surface area contributed by atoms with Crippen LogP contribution in [-0.4, -0.2) is 32.9 Å². The maximum absolute atomic E-state index is 5.62. The van der Waals surface area contributed by atoms with E-state index in [1.807, 2.05) is 7.05 Å². The van der Waals surface area contributed by atoms with Crippen LogP contribution < -0.4 is 5.32 Å². The fourth-order valence-electron chi connectivity index (χ4n) is 2.31. The van der Waals surface area contributed by atoms with Crippen LogP contribution in [0, 0.1) is 5.92 Å². The summed E-state index contributed by atoms with van der Waals surface area (Å²) in [6.07, 6.45) is 5.58. The van der Waals surface area contributed by atoms with Crippen LogP contribution in [0.1, 0.15) is 19.3 Å². The molecule has 0 aliphatic carbocycles. The van der Waals surface area contributed by atoms with E-state index in [0.717, 1.165) is 44.8 Å². The maximum Gasteiger partial charge on any atom is 0.109 e. The molecule has 1 saturated heterocycles. The average Bonchev–Trinajstić information content (AvgIpc) is 2.74. The second kappa shape index (κ2) is 4.80. The van der Waals surface area contributed by atoms with Crippen LogP contribution in [0.3, 0.4) is 0 Å². The summed E-state index contributed by atoms with van der Waals surface area (Å²) in [7, 11) is 2.02. The minimum atomic E-state index is 0.404. The van der Waals surface area contributed by atoms with Crippen molar-refractivity contribution < 1.29 is 9.47 Å². The zero-order valence-electron chi connectivity index (χ0n) is 8.79. The Morgan fingerprint density at radius 3 is 2.71 bits per heavy atom. The number of nitrogens with one attached hydrogen (secondary N) is 1. The molecule has 2 aliphatic rings. The zero-order valence-corrected chi connectivity index (χ0v) is 8.79. The summed E-state index contributed by atoms with van der Waals surface area (Å²) < 4.78 is 11.0. The third-order valence-corrected chi connectivity index (χ3v) is 3.09. The molecular weight excluding hydrogens is 178 g/mol. The van der Waals surface area contributed by atoms with E-state index in [1.165, 1.54) is 0 Å². The third-order valence-electron chi connectivity index (χ3n) is 3.09. The summed E-state index contributed by atoms with van der Waals surface area (Å²) in [4.78, 5) is 0. The van der Waals surface area contributed by atoms with Crippen LogP contribution in [0.15, 0.2) is 11.8 Å². The molecule has 0 aromatic carbocycles. The summed E-state index contributed by atoms with van der Waals surface area (Å²) >= 11 is 0. The molecule has 1 unspecified atom stereocenters. The topological polar surface area (TPSA) is 30.5 Å². The van der Waals surface area contributed by atoms with Crippen LogP contribution >= 0.6 is 0 Å². The maximum atomic E-state index is 5.62. The van der Waals surface area contributed by atoms with Gasteiger partial charge in [-0.05, 0) is 31.9 Å². The van der Waals surface area contributed by atoms with E-state index in [1.54, 1.807) is 0 Å². The van der Waals surface area contributed by atoms with Crippen molar-refractivity contribution in [2.45, 2.75) is 25.3 Å². The molecule has 0 spiro atoms. The van der Waals surface area contributed by atoms with Crippen molar-refractivity contribution >= 4 is 0 Å². The lowest BCUT2D eigenvalue weighted by Crippen LogP contribution is -2.38. The second-order valence-electron chi connectivity index (χ2n) is 3.96. The van der Waals surface area contributed by atoms with Gasteiger partial charge < -0.3 is 14.8 Å². The molecule has 1 atom stereocenters. The molecule has 3 nitrogen and oxygen atoms in total. The van der Waals surface area contributed by atoms with Crippen molar-refractivity contribution in [3.63, 3.8) is 0 Å². The number of likely N-dealkylation sites (N-methyl/N-ethyl adjacent to an activating group) is 1. The lowest BCUT2D eigenvalue weighted by atomic mass is 9.90. The van der Waals surface area contributed by atoms with Gasteiger partial charge in [-0.15, -0.1) is 0 Å². The van der Waals surface area contributed by atoms with E-state index in [4.69, 9.17) is 9.47 Å². The molecule has 0 amide bonds. The molecular formula is C11H19NO2. The molecule has 14 heavy (non-hydrogen) atoms. The van der Waals surface area contributed by atoms with Crippen molar-refractivity contribution in [3.05, 3.63) is 11.8 Å². The highest BCUT2D eigenvalue weighted by Crippen LogP contribution is 2.26. The first-order valence-corrected chi connectivity index (χ1v) is 5.49. The predicted molar refractivity (Wildman–Crippen MR) is 55.0 cm³/mol. The fraction of sp³-hybridized carbons (Fsp3) is 0.818. The zero-order chi connectivity index (χ0) is 9.80. The lowest BCUT2D eigenvalue weighted by Gasteiger charge is -2.30. The highest BCUT2D eigenvalue weighted by Gasteiger charge is 2.27. The van der Waals surface area contributed by atoms with Gasteiger partial charge in [0, 0.05) is 19.6 Å². The molecule has 1 fully saturated rings. The summed E-state index contributed by atoms with van der Waals surface area (Å²) in [6.45, 7) is 2.66. The Bertz CT molecular complexity index is 209. The summed E-state index contributed by atoms with van der Waals surface area (Å²) in [5.41, 5.74) is 0.